The van der Waals surface area contributed by atoms with Crippen LogP contribution in [0.2, 0.25) is 5.02 Å². The van der Waals surface area contributed by atoms with Crippen LogP contribution in [0.5, 0.6) is 5.75 Å². The van der Waals surface area contributed by atoms with Crippen LogP contribution in [0.4, 0.5) is 0 Å². The van der Waals surface area contributed by atoms with Crippen molar-refractivity contribution in [2.75, 3.05) is 13.1 Å². The molecule has 1 aliphatic rings. The second-order valence-electron chi connectivity index (χ2n) is 3.31. The maximum atomic E-state index is 6.03. The lowest BCUT2D eigenvalue weighted by Gasteiger charge is -2.13. The highest BCUT2D eigenvalue weighted by Crippen LogP contribution is 2.29. The van der Waals surface area contributed by atoms with E-state index in [2.05, 4.69) is 21.2 Å². The van der Waals surface area contributed by atoms with Crippen molar-refractivity contribution in [2.45, 2.75) is 12.5 Å². The van der Waals surface area contributed by atoms with Gasteiger partial charge in [-0.2, -0.15) is 0 Å². The van der Waals surface area contributed by atoms with Crippen LogP contribution in [-0.2, 0) is 0 Å². The summed E-state index contributed by atoms with van der Waals surface area (Å²) in [6.07, 6.45) is 1.31. The summed E-state index contributed by atoms with van der Waals surface area (Å²) in [4.78, 5) is 0. The van der Waals surface area contributed by atoms with Crippen LogP contribution in [0, 0.1) is 0 Å². The number of benzene rings is 1. The molecule has 0 radical (unpaired) electrons. The van der Waals surface area contributed by atoms with Gasteiger partial charge in [-0.1, -0.05) is 27.5 Å². The fraction of sp³-hybridized carbons (Fsp3) is 0.400. The molecule has 1 aliphatic heterocycles. The molecular weight excluding hydrogens is 265 g/mol. The zero-order valence-electron chi connectivity index (χ0n) is 7.59. The third-order valence-electron chi connectivity index (χ3n) is 2.20. The largest absolute Gasteiger partial charge is 0.487 e. The van der Waals surface area contributed by atoms with Crippen molar-refractivity contribution in [2.24, 2.45) is 0 Å². The highest BCUT2D eigenvalue weighted by atomic mass is 79.9. The van der Waals surface area contributed by atoms with Crippen molar-refractivity contribution in [3.63, 3.8) is 0 Å². The second-order valence-corrected chi connectivity index (χ2v) is 4.63. The van der Waals surface area contributed by atoms with Crippen LogP contribution < -0.4 is 10.1 Å². The van der Waals surface area contributed by atoms with Gasteiger partial charge >= 0.3 is 0 Å². The van der Waals surface area contributed by atoms with Gasteiger partial charge in [0.05, 0.1) is 5.02 Å². The van der Waals surface area contributed by atoms with E-state index in [0.717, 1.165) is 29.7 Å². The number of nitrogens with one attached hydrogen (secondary N) is 1. The van der Waals surface area contributed by atoms with Gasteiger partial charge in [0.1, 0.15) is 11.9 Å². The molecule has 1 N–H and O–H groups in total. The van der Waals surface area contributed by atoms with Crippen LogP contribution in [-0.4, -0.2) is 19.2 Å². The lowest BCUT2D eigenvalue weighted by molar-refractivity contribution is 0.223. The van der Waals surface area contributed by atoms with Crippen LogP contribution in [0.25, 0.3) is 0 Å². The molecular formula is C10H11BrClNO. The first kappa shape index (κ1) is 10.3. The van der Waals surface area contributed by atoms with E-state index in [-0.39, 0.29) is 6.10 Å². The van der Waals surface area contributed by atoms with Gasteiger partial charge in [-0.25, -0.2) is 0 Å². The quantitative estimate of drug-likeness (QED) is 0.897. The van der Waals surface area contributed by atoms with E-state index in [1.165, 1.54) is 0 Å². The number of hydrogen-bond donors (Lipinski definition) is 1. The van der Waals surface area contributed by atoms with Crippen molar-refractivity contribution in [3.05, 3.63) is 27.7 Å². The second kappa shape index (κ2) is 4.51. The molecule has 0 amide bonds. The normalized spacial score (nSPS) is 21.1. The van der Waals surface area contributed by atoms with Crippen molar-refractivity contribution < 1.29 is 4.74 Å². The SMILES string of the molecule is Clc1cc(Br)ccc1O[C@@H]1CCNC1. The molecule has 0 unspecified atom stereocenters. The predicted molar refractivity (Wildman–Crippen MR) is 61.1 cm³/mol. The first-order valence-corrected chi connectivity index (χ1v) is 5.75. The van der Waals surface area contributed by atoms with E-state index in [1.807, 2.05) is 18.2 Å². The summed E-state index contributed by atoms with van der Waals surface area (Å²) < 4.78 is 6.72. The summed E-state index contributed by atoms with van der Waals surface area (Å²) in [6.45, 7) is 1.94. The number of ether oxygens (including phenoxy) is 1. The third-order valence-corrected chi connectivity index (χ3v) is 2.99. The van der Waals surface area contributed by atoms with Gasteiger partial charge in [-0.15, -0.1) is 0 Å². The molecule has 1 aromatic rings. The summed E-state index contributed by atoms with van der Waals surface area (Å²) in [5.74, 6) is 0.767. The summed E-state index contributed by atoms with van der Waals surface area (Å²) in [5, 5.41) is 3.90. The average molecular weight is 277 g/mol. The van der Waals surface area contributed by atoms with Gasteiger partial charge in [0, 0.05) is 11.0 Å². The lowest BCUT2D eigenvalue weighted by atomic mass is 10.3. The molecule has 0 spiro atoms. The van der Waals surface area contributed by atoms with Crippen molar-refractivity contribution in [1.82, 2.24) is 5.32 Å². The molecule has 1 atom stereocenters. The van der Waals surface area contributed by atoms with Crippen molar-refractivity contribution >= 4 is 27.5 Å². The number of halogens is 2. The molecule has 1 aromatic carbocycles. The number of rotatable bonds is 2. The first-order chi connectivity index (χ1) is 6.75. The summed E-state index contributed by atoms with van der Waals surface area (Å²) in [5.41, 5.74) is 0. The van der Waals surface area contributed by atoms with Gasteiger partial charge < -0.3 is 10.1 Å². The van der Waals surface area contributed by atoms with Crippen LogP contribution in [0.15, 0.2) is 22.7 Å². The Hall–Kier alpha value is -0.250. The van der Waals surface area contributed by atoms with E-state index in [4.69, 9.17) is 16.3 Å². The lowest BCUT2D eigenvalue weighted by Crippen LogP contribution is -2.19. The Labute approximate surface area is 96.7 Å². The predicted octanol–water partition coefficient (Wildman–Crippen LogP) is 2.84. The standard InChI is InChI=1S/C10H11BrClNO/c11-7-1-2-10(9(12)5-7)14-8-3-4-13-6-8/h1-2,5,8,13H,3-4,6H2/t8-/m1/s1. The molecule has 76 valence electrons. The molecule has 1 heterocycles. The Morgan fingerprint density at radius 3 is 3.00 bits per heavy atom. The maximum absolute atomic E-state index is 6.03. The fourth-order valence-electron chi connectivity index (χ4n) is 1.48. The monoisotopic (exact) mass is 275 g/mol. The van der Waals surface area contributed by atoms with Gasteiger partial charge in [0.15, 0.2) is 0 Å². The maximum Gasteiger partial charge on any atom is 0.138 e. The molecule has 0 aromatic heterocycles. The van der Waals surface area contributed by atoms with Gasteiger partial charge in [-0.05, 0) is 31.2 Å². The molecule has 0 saturated carbocycles. The Bertz CT molecular complexity index is 326. The molecule has 2 nitrogen and oxygen atoms in total. The molecule has 4 heteroatoms. The molecule has 1 saturated heterocycles. The first-order valence-electron chi connectivity index (χ1n) is 4.58. The van der Waals surface area contributed by atoms with Gasteiger partial charge in [-0.3, -0.25) is 0 Å². The molecule has 0 bridgehead atoms. The van der Waals surface area contributed by atoms with Crippen molar-refractivity contribution in [1.29, 1.82) is 0 Å². The molecule has 0 aliphatic carbocycles. The van der Waals surface area contributed by atoms with Gasteiger partial charge in [0.2, 0.25) is 0 Å². The smallest absolute Gasteiger partial charge is 0.138 e. The van der Waals surface area contributed by atoms with Crippen LogP contribution in [0.1, 0.15) is 6.42 Å². The summed E-state index contributed by atoms with van der Waals surface area (Å²) in [6, 6.07) is 5.67. The highest BCUT2D eigenvalue weighted by Gasteiger charge is 2.16. The molecule has 1 fully saturated rings. The van der Waals surface area contributed by atoms with E-state index < -0.39 is 0 Å². The highest BCUT2D eigenvalue weighted by molar-refractivity contribution is 9.10. The van der Waals surface area contributed by atoms with Gasteiger partial charge in [0.25, 0.3) is 0 Å². The summed E-state index contributed by atoms with van der Waals surface area (Å²) in [7, 11) is 0. The van der Waals surface area contributed by atoms with Crippen molar-refractivity contribution in [3.8, 4) is 5.75 Å². The third kappa shape index (κ3) is 2.41. The minimum Gasteiger partial charge on any atom is -0.487 e. The number of hydrogen-bond acceptors (Lipinski definition) is 2. The van der Waals surface area contributed by atoms with E-state index in [0.29, 0.717) is 5.02 Å². The Balaban J connectivity index is 2.08. The van der Waals surface area contributed by atoms with E-state index in [9.17, 15) is 0 Å². The Morgan fingerprint density at radius 1 is 1.50 bits per heavy atom. The fourth-order valence-corrected chi connectivity index (χ4v) is 2.20. The zero-order valence-corrected chi connectivity index (χ0v) is 9.94. The Morgan fingerprint density at radius 2 is 2.36 bits per heavy atom. The topological polar surface area (TPSA) is 21.3 Å². The molecule has 14 heavy (non-hydrogen) atoms. The minimum absolute atomic E-state index is 0.258. The molecule has 2 rings (SSSR count). The van der Waals surface area contributed by atoms with Crippen LogP contribution >= 0.6 is 27.5 Å². The summed E-state index contributed by atoms with van der Waals surface area (Å²) >= 11 is 9.39. The zero-order chi connectivity index (χ0) is 9.97. The van der Waals surface area contributed by atoms with E-state index >= 15 is 0 Å². The van der Waals surface area contributed by atoms with Crippen LogP contribution in [0.3, 0.4) is 0 Å². The minimum atomic E-state index is 0.258. The average Bonchev–Trinajstić information content (AvgIpc) is 2.62. The van der Waals surface area contributed by atoms with E-state index in [1.54, 1.807) is 0 Å². The Kier molecular flexibility index (Phi) is 3.31.